The normalized spacial score (nSPS) is 30.3. The fraction of sp³-hybridized carbons (Fsp3) is 0.632. The molecule has 2 N–H and O–H groups in total. The highest BCUT2D eigenvalue weighted by Gasteiger charge is 2.46. The molecule has 2 aliphatic heterocycles. The number of thiocarbonyl (C=S) groups is 1. The molecule has 2 bridgehead atoms. The van der Waals surface area contributed by atoms with E-state index in [2.05, 4.69) is 47.6 Å². The van der Waals surface area contributed by atoms with Crippen LogP contribution in [-0.2, 0) is 0 Å². The Morgan fingerprint density at radius 2 is 1.70 bits per heavy atom. The van der Waals surface area contributed by atoms with Crippen LogP contribution < -0.4 is 10.6 Å². The molecule has 23 heavy (non-hydrogen) atoms. The van der Waals surface area contributed by atoms with Crippen molar-refractivity contribution in [2.24, 2.45) is 0 Å². The summed E-state index contributed by atoms with van der Waals surface area (Å²) in [6.45, 7) is 4.24. The number of benzene rings is 1. The van der Waals surface area contributed by atoms with Gasteiger partial charge in [0.2, 0.25) is 0 Å². The second kappa shape index (κ2) is 6.06. The van der Waals surface area contributed by atoms with Crippen LogP contribution in [-0.4, -0.2) is 34.2 Å². The van der Waals surface area contributed by atoms with E-state index in [0.29, 0.717) is 6.04 Å². The van der Waals surface area contributed by atoms with Crippen LogP contribution in [0.3, 0.4) is 0 Å². The monoisotopic (exact) mass is 329 g/mol. The Kier molecular flexibility index (Phi) is 4.06. The predicted octanol–water partition coefficient (Wildman–Crippen LogP) is 3.75. The molecule has 3 nitrogen and oxygen atoms in total. The van der Waals surface area contributed by atoms with Crippen LogP contribution in [0.1, 0.15) is 49.7 Å². The SMILES string of the molecule is Cc1ccc(C)c(NC(=S)NC2C[C@@H]3CC[C@@H](C2)N3C2CC2)c1. The van der Waals surface area contributed by atoms with Gasteiger partial charge < -0.3 is 10.6 Å². The third kappa shape index (κ3) is 3.24. The smallest absolute Gasteiger partial charge is 0.171 e. The van der Waals surface area contributed by atoms with Crippen LogP contribution in [0.15, 0.2) is 18.2 Å². The maximum atomic E-state index is 5.57. The number of aryl methyl sites for hydroxylation is 2. The highest BCUT2D eigenvalue weighted by Crippen LogP contribution is 2.43. The molecule has 0 spiro atoms. The molecule has 0 unspecified atom stereocenters. The molecule has 4 heteroatoms. The first-order chi connectivity index (χ1) is 11.1. The molecule has 2 atom stereocenters. The lowest BCUT2D eigenvalue weighted by atomic mass is 9.97. The first kappa shape index (κ1) is 15.4. The molecule has 124 valence electrons. The van der Waals surface area contributed by atoms with Gasteiger partial charge in [-0.15, -0.1) is 0 Å². The van der Waals surface area contributed by atoms with E-state index in [4.69, 9.17) is 12.2 Å². The molecule has 1 aliphatic carbocycles. The van der Waals surface area contributed by atoms with E-state index in [9.17, 15) is 0 Å². The fourth-order valence-corrected chi connectivity index (χ4v) is 4.79. The van der Waals surface area contributed by atoms with Crippen LogP contribution in [0.5, 0.6) is 0 Å². The Labute approximate surface area is 144 Å². The Balaban J connectivity index is 1.35. The van der Waals surface area contributed by atoms with Gasteiger partial charge in [0.1, 0.15) is 0 Å². The van der Waals surface area contributed by atoms with Crippen molar-refractivity contribution in [2.45, 2.75) is 76.5 Å². The minimum Gasteiger partial charge on any atom is -0.360 e. The zero-order valence-electron chi connectivity index (χ0n) is 14.1. The summed E-state index contributed by atoms with van der Waals surface area (Å²) >= 11 is 5.57. The lowest BCUT2D eigenvalue weighted by molar-refractivity contribution is 0.114. The number of hydrogen-bond acceptors (Lipinski definition) is 2. The summed E-state index contributed by atoms with van der Waals surface area (Å²) in [5.74, 6) is 0. The number of anilines is 1. The first-order valence-electron chi connectivity index (χ1n) is 9.02. The van der Waals surface area contributed by atoms with Crippen LogP contribution in [0.4, 0.5) is 5.69 Å². The third-order valence-electron chi connectivity index (χ3n) is 5.73. The lowest BCUT2D eigenvalue weighted by Gasteiger charge is -2.39. The van der Waals surface area contributed by atoms with Gasteiger partial charge in [-0.3, -0.25) is 4.90 Å². The van der Waals surface area contributed by atoms with Crippen LogP contribution in [0.25, 0.3) is 0 Å². The van der Waals surface area contributed by atoms with Gasteiger partial charge in [-0.1, -0.05) is 12.1 Å². The van der Waals surface area contributed by atoms with Crippen LogP contribution in [0.2, 0.25) is 0 Å². The number of nitrogens with one attached hydrogen (secondary N) is 2. The molecule has 3 aliphatic rings. The molecular weight excluding hydrogens is 302 g/mol. The van der Waals surface area contributed by atoms with Crippen molar-refractivity contribution >= 4 is 23.0 Å². The van der Waals surface area contributed by atoms with E-state index in [1.807, 2.05) is 0 Å². The Hall–Kier alpha value is -1.13. The molecule has 0 aromatic heterocycles. The molecule has 4 rings (SSSR count). The quantitative estimate of drug-likeness (QED) is 0.826. The molecular formula is C19H27N3S. The van der Waals surface area contributed by atoms with Gasteiger partial charge in [0.05, 0.1) is 0 Å². The molecule has 0 amide bonds. The average Bonchev–Trinajstić information content (AvgIpc) is 3.30. The molecule has 1 aromatic carbocycles. The van der Waals surface area contributed by atoms with E-state index in [1.165, 1.54) is 49.7 Å². The summed E-state index contributed by atoms with van der Waals surface area (Å²) in [7, 11) is 0. The van der Waals surface area contributed by atoms with Crippen molar-refractivity contribution < 1.29 is 0 Å². The minimum atomic E-state index is 0.535. The molecule has 2 saturated heterocycles. The Bertz CT molecular complexity index is 597. The Morgan fingerprint density at radius 1 is 1.04 bits per heavy atom. The van der Waals surface area contributed by atoms with Crippen LogP contribution >= 0.6 is 12.2 Å². The van der Waals surface area contributed by atoms with Crippen molar-refractivity contribution in [3.05, 3.63) is 29.3 Å². The van der Waals surface area contributed by atoms with Crippen molar-refractivity contribution in [1.82, 2.24) is 10.2 Å². The average molecular weight is 330 g/mol. The van der Waals surface area contributed by atoms with Gasteiger partial charge in [0.15, 0.2) is 5.11 Å². The van der Waals surface area contributed by atoms with E-state index in [1.54, 1.807) is 0 Å². The summed E-state index contributed by atoms with van der Waals surface area (Å²) in [6, 6.07) is 9.49. The van der Waals surface area contributed by atoms with E-state index < -0.39 is 0 Å². The number of piperidine rings is 1. The van der Waals surface area contributed by atoms with E-state index >= 15 is 0 Å². The first-order valence-corrected chi connectivity index (χ1v) is 9.43. The fourth-order valence-electron chi connectivity index (χ4n) is 4.51. The predicted molar refractivity (Wildman–Crippen MR) is 100.0 cm³/mol. The largest absolute Gasteiger partial charge is 0.360 e. The molecule has 1 saturated carbocycles. The van der Waals surface area contributed by atoms with Gasteiger partial charge >= 0.3 is 0 Å². The topological polar surface area (TPSA) is 27.3 Å². The highest BCUT2D eigenvalue weighted by molar-refractivity contribution is 7.80. The van der Waals surface area contributed by atoms with E-state index in [-0.39, 0.29) is 0 Å². The number of hydrogen-bond donors (Lipinski definition) is 2. The second-order valence-corrected chi connectivity index (χ2v) is 8.06. The summed E-state index contributed by atoms with van der Waals surface area (Å²) < 4.78 is 0. The maximum Gasteiger partial charge on any atom is 0.171 e. The van der Waals surface area contributed by atoms with Gasteiger partial charge in [0.25, 0.3) is 0 Å². The van der Waals surface area contributed by atoms with Gasteiger partial charge in [-0.2, -0.15) is 0 Å². The number of fused-ring (bicyclic) bond motifs is 2. The summed E-state index contributed by atoms with van der Waals surface area (Å²) in [5, 5.41) is 7.77. The summed E-state index contributed by atoms with van der Waals surface area (Å²) in [5.41, 5.74) is 3.63. The van der Waals surface area contributed by atoms with Crippen molar-refractivity contribution in [2.75, 3.05) is 5.32 Å². The zero-order chi connectivity index (χ0) is 16.0. The lowest BCUT2D eigenvalue weighted by Crippen LogP contribution is -2.51. The molecule has 0 radical (unpaired) electrons. The minimum absolute atomic E-state index is 0.535. The summed E-state index contributed by atoms with van der Waals surface area (Å²) in [4.78, 5) is 2.83. The Morgan fingerprint density at radius 3 is 2.35 bits per heavy atom. The molecule has 1 aromatic rings. The van der Waals surface area contributed by atoms with Gasteiger partial charge in [0, 0.05) is 29.9 Å². The second-order valence-electron chi connectivity index (χ2n) is 7.65. The molecule has 3 fully saturated rings. The van der Waals surface area contributed by atoms with Crippen molar-refractivity contribution in [3.8, 4) is 0 Å². The summed E-state index contributed by atoms with van der Waals surface area (Å²) in [6.07, 6.45) is 8.13. The third-order valence-corrected chi connectivity index (χ3v) is 5.95. The number of rotatable bonds is 3. The van der Waals surface area contributed by atoms with Crippen LogP contribution in [0, 0.1) is 13.8 Å². The number of nitrogens with zero attached hydrogens (tertiary/aromatic N) is 1. The molecule has 2 heterocycles. The van der Waals surface area contributed by atoms with Crippen molar-refractivity contribution in [1.29, 1.82) is 0 Å². The maximum absolute atomic E-state index is 5.57. The highest BCUT2D eigenvalue weighted by atomic mass is 32.1. The van der Waals surface area contributed by atoms with Gasteiger partial charge in [-0.05, 0) is 81.8 Å². The standard InChI is InChI=1S/C19H27N3S/c1-12-3-4-13(2)18(9-12)21-19(23)20-14-10-16-7-8-17(11-14)22(16)15-5-6-15/h3-4,9,14-17H,5-8,10-11H2,1-2H3,(H2,20,21,23)/t16-,17-/m0/s1. The van der Waals surface area contributed by atoms with E-state index in [0.717, 1.165) is 28.9 Å². The van der Waals surface area contributed by atoms with Crippen molar-refractivity contribution in [3.63, 3.8) is 0 Å². The zero-order valence-corrected chi connectivity index (χ0v) is 15.0. The van der Waals surface area contributed by atoms with Gasteiger partial charge in [-0.25, -0.2) is 0 Å².